The highest BCUT2D eigenvalue weighted by Gasteiger charge is 2.54. The number of likely N-dealkylation sites (tertiary alicyclic amines) is 1. The van der Waals surface area contributed by atoms with Crippen molar-refractivity contribution in [1.82, 2.24) is 40.3 Å². The summed E-state index contributed by atoms with van der Waals surface area (Å²) < 4.78 is 35.2. The summed E-state index contributed by atoms with van der Waals surface area (Å²) in [4.78, 5) is 74.6. The Labute approximate surface area is 421 Å². The third-order valence-corrected chi connectivity index (χ3v) is 17.0. The van der Waals surface area contributed by atoms with Gasteiger partial charge in [0.2, 0.25) is 17.8 Å². The van der Waals surface area contributed by atoms with Crippen molar-refractivity contribution in [3.05, 3.63) is 75.8 Å². The number of halogens is 3. The number of benzene rings is 2. The zero-order valence-corrected chi connectivity index (χ0v) is 42.8. The molecule has 8 rings (SSSR count). The van der Waals surface area contributed by atoms with Crippen LogP contribution in [0.1, 0.15) is 86.8 Å². The lowest BCUT2D eigenvalue weighted by Gasteiger charge is -2.40. The third-order valence-electron chi connectivity index (χ3n) is 14.2. The summed E-state index contributed by atoms with van der Waals surface area (Å²) in [7, 11) is 3.27. The highest BCUT2D eigenvalue weighted by atomic mass is 35.5. The second-order valence-electron chi connectivity index (χ2n) is 19.4. The molecule has 376 valence electrons. The Hall–Kier alpha value is -5.11. The fourth-order valence-corrected chi connectivity index (χ4v) is 12.0. The maximum Gasteiger partial charge on any atom is 0.258 e. The normalized spacial score (nSPS) is 20.7. The Kier molecular flexibility index (Phi) is 16.2. The second kappa shape index (κ2) is 22.1. The van der Waals surface area contributed by atoms with Gasteiger partial charge in [0.05, 0.1) is 35.1 Å². The van der Waals surface area contributed by atoms with Crippen molar-refractivity contribution in [3.63, 3.8) is 0 Å². The van der Waals surface area contributed by atoms with Crippen molar-refractivity contribution in [2.75, 3.05) is 69.8 Å². The van der Waals surface area contributed by atoms with E-state index in [0.29, 0.717) is 89.2 Å². The highest BCUT2D eigenvalue weighted by Crippen LogP contribution is 2.42. The van der Waals surface area contributed by atoms with Gasteiger partial charge in [-0.15, -0.1) is 11.3 Å². The average molecular weight is 1020 g/mol. The van der Waals surface area contributed by atoms with Crippen molar-refractivity contribution in [2.45, 2.75) is 101 Å². The highest BCUT2D eigenvalue weighted by molar-refractivity contribution is 8.00. The maximum absolute atomic E-state index is 15.2. The maximum atomic E-state index is 15.2. The minimum absolute atomic E-state index is 0.0503. The van der Waals surface area contributed by atoms with Crippen LogP contribution in [0.5, 0.6) is 5.75 Å². The molecule has 2 saturated heterocycles. The van der Waals surface area contributed by atoms with E-state index >= 15 is 8.78 Å². The predicted octanol–water partition coefficient (Wildman–Crippen LogP) is 7.87. The van der Waals surface area contributed by atoms with Crippen LogP contribution in [0.15, 0.2) is 48.1 Å². The molecule has 70 heavy (non-hydrogen) atoms. The molecule has 0 spiro atoms. The van der Waals surface area contributed by atoms with Crippen molar-refractivity contribution in [1.29, 1.82) is 0 Å². The molecule has 4 aromatic rings. The molecule has 2 atom stereocenters. The monoisotopic (exact) mass is 1020 g/mol. The molecule has 2 aliphatic heterocycles. The number of ether oxygens (including phenoxy) is 1. The van der Waals surface area contributed by atoms with E-state index in [1.54, 1.807) is 55.7 Å². The van der Waals surface area contributed by atoms with Crippen LogP contribution < -0.4 is 26.0 Å². The number of carbonyl (C=O) groups excluding carboxylic acids is 4. The Bertz CT molecular complexity index is 2550. The summed E-state index contributed by atoms with van der Waals surface area (Å²) in [6.07, 6.45) is 6.93. The summed E-state index contributed by atoms with van der Waals surface area (Å²) in [6.45, 7) is 9.77. The van der Waals surface area contributed by atoms with E-state index in [2.05, 4.69) is 41.1 Å². The number of hydrogen-bond acceptors (Lipinski definition) is 13. The topological polar surface area (TPSA) is 174 Å². The molecular weight excluding hydrogens is 958 g/mol. The molecule has 2 aliphatic carbocycles. The molecule has 2 aromatic heterocycles. The Morgan fingerprint density at radius 1 is 1.00 bits per heavy atom. The smallest absolute Gasteiger partial charge is 0.258 e. The number of aryl methyl sites for hydroxylation is 1. The lowest BCUT2D eigenvalue weighted by molar-refractivity contribution is -0.143. The van der Waals surface area contributed by atoms with Crippen LogP contribution in [-0.4, -0.2) is 135 Å². The van der Waals surface area contributed by atoms with Crippen LogP contribution in [0.2, 0.25) is 5.02 Å². The van der Waals surface area contributed by atoms with Crippen LogP contribution in [0.25, 0.3) is 10.4 Å². The largest absolute Gasteiger partial charge is 0.495 e. The first kappa shape index (κ1) is 51.3. The standard InChI is InChI=1S/C50H63ClF2N10O5S2/c1-30-41(69-29-57-30)33-12-13-35(37(52)23-33)25-55-44(64)39-7-6-18-63(39)46(66)42(59-47(67)50(53)16-17-50)49(2,3)70-28-32-10-8-31(9-11-32)27-61-19-21-62(22-20-61)45(65)34-14-15-38(40(24-34)68-5)58-48-56-26-36(51)43(54-4)60-48/h12-15,23-24,26,29,31-32,39,42H,6-11,16-22,25,27-28H2,1-5H3,(H,55,64)(H,59,67)(H2,54,56,58,60)/t31?,32?,39?,42-/m1/s1. The molecule has 1 unspecified atom stereocenters. The van der Waals surface area contributed by atoms with Gasteiger partial charge >= 0.3 is 0 Å². The van der Waals surface area contributed by atoms with E-state index in [-0.39, 0.29) is 25.3 Å². The lowest BCUT2D eigenvalue weighted by atomic mass is 9.82. The van der Waals surface area contributed by atoms with Crippen molar-refractivity contribution >= 4 is 75.8 Å². The zero-order valence-electron chi connectivity index (χ0n) is 40.4. The minimum atomic E-state index is -1.98. The van der Waals surface area contributed by atoms with E-state index in [0.717, 1.165) is 61.6 Å². The number of thioether (sulfide) groups is 1. The molecule has 0 bridgehead atoms. The third kappa shape index (κ3) is 12.0. The SMILES string of the molecule is CNc1nc(Nc2ccc(C(=O)N3CCN(CC4CCC(CSC(C)(C)[C@H](NC(=O)C5(F)CC5)C(=O)N5CCCC5C(=O)NCc5ccc(-c6scnc6C)cc5F)CC4)CC3)cc2OC)ncc1Cl. The Morgan fingerprint density at radius 3 is 2.41 bits per heavy atom. The summed E-state index contributed by atoms with van der Waals surface area (Å²) in [5.41, 5.74) is 2.74. The number of methoxy groups -OCH3 is 1. The van der Waals surface area contributed by atoms with Gasteiger partial charge in [0.15, 0.2) is 5.67 Å². The summed E-state index contributed by atoms with van der Waals surface area (Å²) in [5.74, 6) is 0.934. The zero-order chi connectivity index (χ0) is 49.7. The van der Waals surface area contributed by atoms with Gasteiger partial charge in [-0.05, 0) is 120 Å². The molecule has 4 N–H and O–H groups in total. The Balaban J connectivity index is 0.804. The number of thiazole rings is 1. The summed E-state index contributed by atoms with van der Waals surface area (Å²) >= 11 is 9.18. The van der Waals surface area contributed by atoms with Crippen LogP contribution in [-0.2, 0) is 20.9 Å². The molecule has 20 heteroatoms. The van der Waals surface area contributed by atoms with Gasteiger partial charge in [-0.1, -0.05) is 23.7 Å². The van der Waals surface area contributed by atoms with Crippen LogP contribution in [0, 0.1) is 24.6 Å². The van der Waals surface area contributed by atoms with E-state index in [9.17, 15) is 19.2 Å². The molecule has 2 aromatic carbocycles. The van der Waals surface area contributed by atoms with Crippen molar-refractivity contribution < 1.29 is 32.7 Å². The number of nitrogens with one attached hydrogen (secondary N) is 4. The van der Waals surface area contributed by atoms with Gasteiger partial charge in [-0.3, -0.25) is 24.1 Å². The number of aromatic nitrogens is 3. The van der Waals surface area contributed by atoms with Gasteiger partial charge in [-0.2, -0.15) is 16.7 Å². The first-order valence-corrected chi connectivity index (χ1v) is 26.4. The molecule has 0 radical (unpaired) electrons. The molecule has 2 saturated carbocycles. The quantitative estimate of drug-likeness (QED) is 0.0761. The number of piperazine rings is 1. The number of hydrogen-bond donors (Lipinski definition) is 4. The van der Waals surface area contributed by atoms with E-state index in [4.69, 9.17) is 16.3 Å². The number of amides is 4. The van der Waals surface area contributed by atoms with Crippen LogP contribution in [0.4, 0.5) is 26.2 Å². The van der Waals surface area contributed by atoms with Gasteiger partial charge in [0.25, 0.3) is 11.8 Å². The van der Waals surface area contributed by atoms with Gasteiger partial charge < -0.3 is 35.8 Å². The fraction of sp³-hybridized carbons (Fsp3) is 0.540. The van der Waals surface area contributed by atoms with Crippen molar-refractivity contribution in [2.24, 2.45) is 11.8 Å². The molecule has 4 amide bonds. The molecule has 15 nitrogen and oxygen atoms in total. The first-order chi connectivity index (χ1) is 33.5. The van der Waals surface area contributed by atoms with Gasteiger partial charge in [0.1, 0.15) is 34.5 Å². The van der Waals surface area contributed by atoms with E-state index < -0.39 is 46.0 Å². The van der Waals surface area contributed by atoms with Gasteiger partial charge in [0, 0.05) is 68.7 Å². The van der Waals surface area contributed by atoms with Crippen LogP contribution in [0.3, 0.4) is 0 Å². The number of carbonyl (C=O) groups is 4. The second-order valence-corrected chi connectivity index (χ2v) is 22.4. The summed E-state index contributed by atoms with van der Waals surface area (Å²) in [5, 5.41) is 12.1. The number of nitrogens with zero attached hydrogens (tertiary/aromatic N) is 6. The number of alkyl halides is 1. The predicted molar refractivity (Wildman–Crippen MR) is 271 cm³/mol. The molecule has 4 heterocycles. The average Bonchev–Trinajstić information content (AvgIpc) is 3.68. The molecule has 4 aliphatic rings. The summed E-state index contributed by atoms with van der Waals surface area (Å²) in [6, 6.07) is 8.33. The van der Waals surface area contributed by atoms with Crippen LogP contribution >= 0.6 is 34.7 Å². The van der Waals surface area contributed by atoms with E-state index in [1.165, 1.54) is 28.5 Å². The van der Waals surface area contributed by atoms with Crippen molar-refractivity contribution in [3.8, 4) is 16.2 Å². The fourth-order valence-electron chi connectivity index (χ4n) is 9.64. The molecular formula is C50H63ClF2N10O5S2. The molecule has 4 fully saturated rings. The lowest BCUT2D eigenvalue weighted by Crippen LogP contribution is -2.61. The minimum Gasteiger partial charge on any atom is -0.495 e. The first-order valence-electron chi connectivity index (χ1n) is 24.1. The Morgan fingerprint density at radius 2 is 1.74 bits per heavy atom. The number of anilines is 3. The van der Waals surface area contributed by atoms with Gasteiger partial charge in [-0.25, -0.2) is 18.7 Å². The number of rotatable bonds is 18. The van der Waals surface area contributed by atoms with E-state index in [1.807, 2.05) is 31.7 Å².